The molecule has 1 atom stereocenters. The van der Waals surface area contributed by atoms with Gasteiger partial charge >= 0.3 is 0 Å². The van der Waals surface area contributed by atoms with Crippen LogP contribution in [-0.2, 0) is 6.54 Å². The fraction of sp³-hybridized carbons (Fsp3) is 0.429. The van der Waals surface area contributed by atoms with Gasteiger partial charge in [0.1, 0.15) is 0 Å². The van der Waals surface area contributed by atoms with Crippen molar-refractivity contribution >= 4 is 15.9 Å². The van der Waals surface area contributed by atoms with E-state index in [2.05, 4.69) is 31.4 Å². The second kappa shape index (κ2) is 6.03. The third-order valence-electron chi connectivity index (χ3n) is 3.31. The monoisotopic (exact) mass is 339 g/mol. The quantitative estimate of drug-likeness (QED) is 0.876. The Balaban J connectivity index is 2.09. The molecule has 6 heteroatoms. The number of hydrogen-bond donors (Lipinski definition) is 2. The van der Waals surface area contributed by atoms with Gasteiger partial charge in [-0.1, -0.05) is 12.1 Å². The highest BCUT2D eigenvalue weighted by atomic mass is 79.9. The number of nitrogens with one attached hydrogen (secondary N) is 1. The number of aromatic nitrogens is 2. The molecule has 2 aromatic rings. The van der Waals surface area contributed by atoms with Crippen LogP contribution in [0.3, 0.4) is 0 Å². The molecule has 0 amide bonds. The maximum Gasteiger partial charge on any atom is 0.248 e. The second-order valence-electron chi connectivity index (χ2n) is 5.23. The van der Waals surface area contributed by atoms with Gasteiger partial charge in [0.15, 0.2) is 0 Å². The lowest BCUT2D eigenvalue weighted by atomic mass is 9.99. The molecule has 1 heterocycles. The summed E-state index contributed by atoms with van der Waals surface area (Å²) < 4.78 is 6.54. The van der Waals surface area contributed by atoms with Crippen molar-refractivity contribution in [1.29, 1.82) is 0 Å². The molecular formula is C14H18BrN3O2. The number of aliphatic hydroxyl groups excluding tert-OH is 1. The Kier molecular flexibility index (Phi) is 4.57. The van der Waals surface area contributed by atoms with E-state index in [-0.39, 0.29) is 0 Å². The Morgan fingerprint density at radius 2 is 2.05 bits per heavy atom. The van der Waals surface area contributed by atoms with Crippen LogP contribution in [0.1, 0.15) is 26.7 Å². The topological polar surface area (TPSA) is 71.2 Å². The SMILES string of the molecule is CC(O)C(C)(C)NCc1nnc(-c2ccccc2Br)o1. The van der Waals surface area contributed by atoms with Gasteiger partial charge in [0.25, 0.3) is 0 Å². The Morgan fingerprint density at radius 1 is 1.35 bits per heavy atom. The molecule has 0 aliphatic heterocycles. The van der Waals surface area contributed by atoms with Crippen LogP contribution >= 0.6 is 15.9 Å². The average molecular weight is 340 g/mol. The minimum atomic E-state index is -0.479. The van der Waals surface area contributed by atoms with Crippen molar-refractivity contribution < 1.29 is 9.52 Å². The third kappa shape index (κ3) is 3.45. The van der Waals surface area contributed by atoms with Gasteiger partial charge in [0, 0.05) is 10.0 Å². The van der Waals surface area contributed by atoms with E-state index < -0.39 is 11.6 Å². The molecule has 2 N–H and O–H groups in total. The van der Waals surface area contributed by atoms with Gasteiger partial charge in [-0.15, -0.1) is 10.2 Å². The summed E-state index contributed by atoms with van der Waals surface area (Å²) in [6, 6.07) is 7.68. The van der Waals surface area contributed by atoms with Crippen LogP contribution in [0.5, 0.6) is 0 Å². The molecule has 0 saturated carbocycles. The standard InChI is InChI=1S/C14H18BrN3O2/c1-9(19)14(2,3)16-8-12-17-18-13(20-12)10-6-4-5-7-11(10)15/h4-7,9,16,19H,8H2,1-3H3. The van der Waals surface area contributed by atoms with Crippen LogP contribution in [0.15, 0.2) is 33.2 Å². The van der Waals surface area contributed by atoms with E-state index >= 15 is 0 Å². The van der Waals surface area contributed by atoms with Crippen LogP contribution in [0, 0.1) is 0 Å². The van der Waals surface area contributed by atoms with Gasteiger partial charge < -0.3 is 14.8 Å². The molecule has 5 nitrogen and oxygen atoms in total. The second-order valence-corrected chi connectivity index (χ2v) is 6.09. The number of rotatable bonds is 5. The van der Waals surface area contributed by atoms with Gasteiger partial charge in [0.2, 0.25) is 11.8 Å². The lowest BCUT2D eigenvalue weighted by Gasteiger charge is -2.28. The maximum absolute atomic E-state index is 9.64. The summed E-state index contributed by atoms with van der Waals surface area (Å²) in [7, 11) is 0. The summed E-state index contributed by atoms with van der Waals surface area (Å²) in [6.07, 6.45) is -0.479. The van der Waals surface area contributed by atoms with Crippen molar-refractivity contribution in [2.24, 2.45) is 0 Å². The number of aliphatic hydroxyl groups is 1. The van der Waals surface area contributed by atoms with Crippen molar-refractivity contribution in [1.82, 2.24) is 15.5 Å². The van der Waals surface area contributed by atoms with E-state index in [4.69, 9.17) is 4.42 Å². The van der Waals surface area contributed by atoms with Crippen molar-refractivity contribution in [2.45, 2.75) is 39.0 Å². The molecule has 0 bridgehead atoms. The molecule has 108 valence electrons. The highest BCUT2D eigenvalue weighted by Gasteiger charge is 2.24. The van der Waals surface area contributed by atoms with E-state index in [1.54, 1.807) is 6.92 Å². The molecule has 2 rings (SSSR count). The van der Waals surface area contributed by atoms with Crippen LogP contribution in [-0.4, -0.2) is 26.9 Å². The minimum absolute atomic E-state index is 0.412. The maximum atomic E-state index is 9.64. The van der Waals surface area contributed by atoms with Crippen LogP contribution in [0.25, 0.3) is 11.5 Å². The predicted octanol–water partition coefficient (Wildman–Crippen LogP) is 2.75. The molecule has 1 unspecified atom stereocenters. The van der Waals surface area contributed by atoms with Crippen molar-refractivity contribution in [3.63, 3.8) is 0 Å². The predicted molar refractivity (Wildman–Crippen MR) is 80.0 cm³/mol. The van der Waals surface area contributed by atoms with Gasteiger partial charge in [-0.25, -0.2) is 0 Å². The molecule has 0 radical (unpaired) electrons. The summed E-state index contributed by atoms with van der Waals surface area (Å²) in [4.78, 5) is 0. The van der Waals surface area contributed by atoms with E-state index in [0.717, 1.165) is 10.0 Å². The molecule has 1 aromatic heterocycles. The summed E-state index contributed by atoms with van der Waals surface area (Å²) in [5.74, 6) is 0.966. The molecular weight excluding hydrogens is 322 g/mol. The zero-order chi connectivity index (χ0) is 14.8. The minimum Gasteiger partial charge on any atom is -0.419 e. The first-order valence-electron chi connectivity index (χ1n) is 6.40. The van der Waals surface area contributed by atoms with Gasteiger partial charge in [-0.2, -0.15) is 0 Å². The summed E-state index contributed by atoms with van der Waals surface area (Å²) >= 11 is 3.46. The van der Waals surface area contributed by atoms with Gasteiger partial charge in [0.05, 0.1) is 18.2 Å². The number of hydrogen-bond acceptors (Lipinski definition) is 5. The molecule has 0 fully saturated rings. The lowest BCUT2D eigenvalue weighted by molar-refractivity contribution is 0.0939. The molecule has 0 aliphatic rings. The average Bonchev–Trinajstić information content (AvgIpc) is 2.85. The Hall–Kier alpha value is -1.24. The van der Waals surface area contributed by atoms with Crippen LogP contribution in [0.4, 0.5) is 0 Å². The normalized spacial score (nSPS) is 13.4. The molecule has 0 aliphatic carbocycles. The van der Waals surface area contributed by atoms with Crippen LogP contribution in [0.2, 0.25) is 0 Å². The fourth-order valence-corrected chi connectivity index (χ4v) is 1.97. The molecule has 20 heavy (non-hydrogen) atoms. The van der Waals surface area contributed by atoms with E-state index in [0.29, 0.717) is 18.3 Å². The largest absolute Gasteiger partial charge is 0.419 e. The molecule has 0 saturated heterocycles. The first-order valence-corrected chi connectivity index (χ1v) is 7.20. The first-order chi connectivity index (χ1) is 9.40. The van der Waals surface area contributed by atoms with Crippen molar-refractivity contribution in [3.8, 4) is 11.5 Å². The van der Waals surface area contributed by atoms with E-state index in [9.17, 15) is 5.11 Å². The van der Waals surface area contributed by atoms with Gasteiger partial charge in [-0.05, 0) is 48.8 Å². The Bertz CT molecular complexity index is 581. The number of halogens is 1. The Labute approximate surface area is 126 Å². The molecule has 0 spiro atoms. The fourth-order valence-electron chi connectivity index (χ4n) is 1.52. The van der Waals surface area contributed by atoms with Gasteiger partial charge in [-0.3, -0.25) is 0 Å². The zero-order valence-electron chi connectivity index (χ0n) is 11.7. The Morgan fingerprint density at radius 3 is 2.70 bits per heavy atom. The number of benzene rings is 1. The highest BCUT2D eigenvalue weighted by Crippen LogP contribution is 2.26. The van der Waals surface area contributed by atoms with Crippen molar-refractivity contribution in [2.75, 3.05) is 0 Å². The first kappa shape index (κ1) is 15.2. The zero-order valence-corrected chi connectivity index (χ0v) is 13.3. The third-order valence-corrected chi connectivity index (χ3v) is 4.00. The lowest BCUT2D eigenvalue weighted by Crippen LogP contribution is -2.47. The molecule has 1 aromatic carbocycles. The van der Waals surface area contributed by atoms with E-state index in [1.807, 2.05) is 38.1 Å². The summed E-state index contributed by atoms with van der Waals surface area (Å²) in [5.41, 5.74) is 0.447. The summed E-state index contributed by atoms with van der Waals surface area (Å²) in [6.45, 7) is 5.99. The summed E-state index contributed by atoms with van der Waals surface area (Å²) in [5, 5.41) is 20.9. The van der Waals surface area contributed by atoms with Crippen LogP contribution < -0.4 is 5.32 Å². The number of nitrogens with zero attached hydrogens (tertiary/aromatic N) is 2. The highest BCUT2D eigenvalue weighted by molar-refractivity contribution is 9.10. The van der Waals surface area contributed by atoms with Crippen molar-refractivity contribution in [3.05, 3.63) is 34.6 Å². The van der Waals surface area contributed by atoms with E-state index in [1.165, 1.54) is 0 Å². The smallest absolute Gasteiger partial charge is 0.248 e.